The van der Waals surface area contributed by atoms with E-state index in [0.717, 1.165) is 0 Å². The van der Waals surface area contributed by atoms with Gasteiger partial charge in [-0.15, -0.1) is 11.8 Å². The number of hydrogen-bond donors (Lipinski definition) is 0. The Bertz CT molecular complexity index is 996. The van der Waals surface area contributed by atoms with Crippen LogP contribution in [-0.2, 0) is 9.54 Å². The molecule has 1 aliphatic rings. The summed E-state index contributed by atoms with van der Waals surface area (Å²) < 4.78 is 1.87. The van der Waals surface area contributed by atoms with Gasteiger partial charge in [0, 0.05) is 0 Å². The summed E-state index contributed by atoms with van der Waals surface area (Å²) in [7, 11) is -2.03. The van der Waals surface area contributed by atoms with Gasteiger partial charge in [0.1, 0.15) is 0 Å². The molecule has 33 heavy (non-hydrogen) atoms. The minimum atomic E-state index is -2.03. The lowest BCUT2D eigenvalue weighted by molar-refractivity contribution is -0.142. The van der Waals surface area contributed by atoms with Crippen LogP contribution < -0.4 is 0 Å². The third-order valence-corrected chi connectivity index (χ3v) is 15.1. The molecule has 172 valence electrons. The molecule has 0 radical (unpaired) electrons. The van der Waals surface area contributed by atoms with Crippen LogP contribution in [-0.4, -0.2) is 24.1 Å². The Morgan fingerprint density at radius 2 is 1.09 bits per heavy atom. The molecule has 2 unspecified atom stereocenters. The minimum absolute atomic E-state index is 0.000336. The van der Waals surface area contributed by atoms with Gasteiger partial charge in [-0.3, -0.25) is 4.79 Å². The van der Waals surface area contributed by atoms with Crippen LogP contribution in [0, 0.1) is 5.92 Å². The van der Waals surface area contributed by atoms with Crippen molar-refractivity contribution >= 4 is 25.9 Å². The van der Waals surface area contributed by atoms with Gasteiger partial charge in [-0.05, 0) is 21.7 Å². The first-order valence-corrected chi connectivity index (χ1v) is 15.6. The molecule has 3 aromatic carbocycles. The standard InChI is InChI=1S/C29H35NOSSi/c1-22-26(31)30(33(5,6)28(2,3)4)27(22)32-29(23-16-10-7-11-17-23,24-18-12-8-13-19-24)25-20-14-9-15-21-25/h7-22,27H,1-6H3. The Kier molecular flexibility index (Phi) is 6.36. The second kappa shape index (κ2) is 8.81. The van der Waals surface area contributed by atoms with Crippen LogP contribution in [0.2, 0.25) is 18.1 Å². The maximum atomic E-state index is 13.3. The number of hydrogen-bond acceptors (Lipinski definition) is 2. The SMILES string of the molecule is CC1C(=O)N([Si](C)(C)C(C)(C)C)C1SC(c1ccccc1)(c1ccccc1)c1ccccc1. The molecule has 4 rings (SSSR count). The number of β-lactam (4-membered cyclic amide) rings is 1. The summed E-state index contributed by atoms with van der Waals surface area (Å²) in [5.41, 5.74) is 3.73. The van der Waals surface area contributed by atoms with Gasteiger partial charge in [0.2, 0.25) is 5.91 Å². The molecule has 2 atom stereocenters. The second-order valence-electron chi connectivity index (χ2n) is 10.6. The van der Waals surface area contributed by atoms with Crippen molar-refractivity contribution in [2.75, 3.05) is 0 Å². The van der Waals surface area contributed by atoms with E-state index >= 15 is 0 Å². The largest absolute Gasteiger partial charge is 0.357 e. The van der Waals surface area contributed by atoms with Crippen molar-refractivity contribution in [3.8, 4) is 0 Å². The molecule has 1 amide bonds. The Morgan fingerprint density at radius 1 is 0.727 bits per heavy atom. The number of benzene rings is 3. The molecule has 1 saturated heterocycles. The second-order valence-corrected chi connectivity index (χ2v) is 17.0. The van der Waals surface area contributed by atoms with E-state index < -0.39 is 13.0 Å². The molecule has 0 bridgehead atoms. The number of amides is 1. The van der Waals surface area contributed by atoms with Gasteiger partial charge in [0.05, 0.1) is 16.0 Å². The van der Waals surface area contributed by atoms with Gasteiger partial charge in [-0.1, -0.05) is 132 Å². The molecule has 0 aliphatic carbocycles. The Hall–Kier alpha value is -2.30. The van der Waals surface area contributed by atoms with Crippen molar-refractivity contribution in [1.82, 2.24) is 4.57 Å². The summed E-state index contributed by atoms with van der Waals surface area (Å²) in [4.78, 5) is 13.3. The highest BCUT2D eigenvalue weighted by molar-refractivity contribution is 8.01. The van der Waals surface area contributed by atoms with Crippen LogP contribution in [0.3, 0.4) is 0 Å². The molecule has 1 heterocycles. The van der Waals surface area contributed by atoms with Crippen molar-refractivity contribution in [2.24, 2.45) is 5.92 Å². The summed E-state index contributed by atoms with van der Waals surface area (Å²) in [6, 6.07) is 32.3. The van der Waals surface area contributed by atoms with Gasteiger partial charge < -0.3 is 4.57 Å². The Balaban J connectivity index is 1.92. The van der Waals surface area contributed by atoms with E-state index in [-0.39, 0.29) is 16.3 Å². The predicted octanol–water partition coefficient (Wildman–Crippen LogP) is 7.52. The average Bonchev–Trinajstić information content (AvgIpc) is 2.82. The average molecular weight is 474 g/mol. The normalized spacial score (nSPS) is 19.3. The number of rotatable bonds is 6. The molecule has 3 aromatic rings. The third-order valence-electron chi connectivity index (χ3n) is 7.59. The van der Waals surface area contributed by atoms with E-state index in [0.29, 0.717) is 5.91 Å². The van der Waals surface area contributed by atoms with Crippen molar-refractivity contribution in [1.29, 1.82) is 0 Å². The van der Waals surface area contributed by atoms with Gasteiger partial charge in [-0.2, -0.15) is 0 Å². The van der Waals surface area contributed by atoms with Gasteiger partial charge in [0.25, 0.3) is 0 Å². The first kappa shape index (κ1) is 23.8. The lowest BCUT2D eigenvalue weighted by Crippen LogP contribution is -2.71. The highest BCUT2D eigenvalue weighted by Gasteiger charge is 2.58. The van der Waals surface area contributed by atoms with Gasteiger partial charge in [0.15, 0.2) is 8.24 Å². The van der Waals surface area contributed by atoms with Gasteiger partial charge >= 0.3 is 0 Å². The molecular formula is C29H35NOSSi. The molecule has 1 aliphatic heterocycles. The first-order chi connectivity index (χ1) is 15.6. The number of nitrogens with zero attached hydrogens (tertiary/aromatic N) is 1. The fourth-order valence-electron chi connectivity index (χ4n) is 4.62. The molecular weight excluding hydrogens is 438 g/mol. The van der Waals surface area contributed by atoms with Crippen molar-refractivity contribution in [2.45, 2.75) is 55.9 Å². The monoisotopic (exact) mass is 473 g/mol. The fraction of sp³-hybridized carbons (Fsp3) is 0.345. The molecule has 1 fully saturated rings. The topological polar surface area (TPSA) is 20.3 Å². The number of thioether (sulfide) groups is 1. The Labute approximate surface area is 204 Å². The van der Waals surface area contributed by atoms with Crippen LogP contribution in [0.25, 0.3) is 0 Å². The van der Waals surface area contributed by atoms with E-state index in [9.17, 15) is 4.79 Å². The summed E-state index contributed by atoms with van der Waals surface area (Å²) >= 11 is 1.94. The molecule has 0 saturated carbocycles. The lowest BCUT2D eigenvalue weighted by atomic mass is 9.84. The van der Waals surface area contributed by atoms with E-state index in [1.54, 1.807) is 0 Å². The molecule has 0 aromatic heterocycles. The zero-order valence-electron chi connectivity index (χ0n) is 20.6. The summed E-state index contributed by atoms with van der Waals surface area (Å²) in [6.45, 7) is 13.7. The van der Waals surface area contributed by atoms with E-state index in [1.165, 1.54) is 16.7 Å². The van der Waals surface area contributed by atoms with E-state index in [1.807, 2.05) is 11.8 Å². The van der Waals surface area contributed by atoms with Gasteiger partial charge in [-0.25, -0.2) is 0 Å². The Morgan fingerprint density at radius 3 is 1.42 bits per heavy atom. The molecule has 2 nitrogen and oxygen atoms in total. The van der Waals surface area contributed by atoms with E-state index in [2.05, 4.69) is 136 Å². The molecule has 0 N–H and O–H groups in total. The highest BCUT2D eigenvalue weighted by atomic mass is 32.2. The number of carbonyl (C=O) groups is 1. The smallest absolute Gasteiger partial charge is 0.221 e. The van der Waals surface area contributed by atoms with Crippen LogP contribution in [0.4, 0.5) is 0 Å². The van der Waals surface area contributed by atoms with Crippen molar-refractivity contribution in [3.05, 3.63) is 108 Å². The van der Waals surface area contributed by atoms with E-state index in [4.69, 9.17) is 0 Å². The minimum Gasteiger partial charge on any atom is -0.357 e. The first-order valence-electron chi connectivity index (χ1n) is 11.8. The van der Waals surface area contributed by atoms with Crippen LogP contribution in [0.5, 0.6) is 0 Å². The maximum absolute atomic E-state index is 13.3. The lowest BCUT2D eigenvalue weighted by Gasteiger charge is -2.59. The van der Waals surface area contributed by atoms with Crippen molar-refractivity contribution < 1.29 is 4.79 Å². The zero-order chi connectivity index (χ0) is 23.9. The summed E-state index contributed by atoms with van der Waals surface area (Å²) in [5.74, 6) is 0.307. The highest BCUT2D eigenvalue weighted by Crippen LogP contribution is 2.56. The molecule has 4 heteroatoms. The zero-order valence-corrected chi connectivity index (χ0v) is 22.4. The van der Waals surface area contributed by atoms with Crippen LogP contribution >= 0.6 is 11.8 Å². The quantitative estimate of drug-likeness (QED) is 0.210. The predicted molar refractivity (Wildman–Crippen MR) is 144 cm³/mol. The van der Waals surface area contributed by atoms with Crippen LogP contribution in [0.15, 0.2) is 91.0 Å². The molecule has 0 spiro atoms. The maximum Gasteiger partial charge on any atom is 0.221 e. The van der Waals surface area contributed by atoms with Crippen LogP contribution in [0.1, 0.15) is 44.4 Å². The third kappa shape index (κ3) is 3.98. The van der Waals surface area contributed by atoms with Crippen molar-refractivity contribution in [3.63, 3.8) is 0 Å². The number of carbonyl (C=O) groups excluding carboxylic acids is 1. The summed E-state index contributed by atoms with van der Waals surface area (Å²) in [6.07, 6.45) is 0. The summed E-state index contributed by atoms with van der Waals surface area (Å²) in [5, 5.41) is 0.218. The fourth-order valence-corrected chi connectivity index (χ4v) is 9.62.